The Morgan fingerprint density at radius 1 is 1.33 bits per heavy atom. The highest BCUT2D eigenvalue weighted by atomic mass is 35.5. The lowest BCUT2D eigenvalue weighted by atomic mass is 10.1. The number of ether oxygens (including phenoxy) is 1. The molecule has 1 atom stereocenters. The first-order valence-electron chi connectivity index (χ1n) is 5.72. The second-order valence-electron chi connectivity index (χ2n) is 4.27. The van der Waals surface area contributed by atoms with Crippen molar-refractivity contribution >= 4 is 29.2 Å². The zero-order valence-electron chi connectivity index (χ0n) is 10.3. The maximum absolute atomic E-state index is 11.3. The second-order valence-corrected chi connectivity index (χ2v) is 5.08. The molecule has 0 aromatic heterocycles. The smallest absolute Gasteiger partial charge is 0.306 e. The molecule has 0 bridgehead atoms. The lowest BCUT2D eigenvalue weighted by Gasteiger charge is -2.12. The van der Waals surface area contributed by atoms with Crippen LogP contribution in [0.25, 0.3) is 0 Å². The number of aliphatic hydroxyl groups is 1. The minimum atomic E-state index is -0.750. The van der Waals surface area contributed by atoms with Crippen LogP contribution in [0.1, 0.15) is 38.4 Å². The molecule has 1 aromatic rings. The van der Waals surface area contributed by atoms with E-state index in [0.29, 0.717) is 22.0 Å². The molecule has 0 aliphatic carbocycles. The van der Waals surface area contributed by atoms with Gasteiger partial charge in [-0.1, -0.05) is 29.3 Å². The average Bonchev–Trinajstić information content (AvgIpc) is 2.28. The fourth-order valence-electron chi connectivity index (χ4n) is 1.46. The van der Waals surface area contributed by atoms with E-state index in [9.17, 15) is 9.90 Å². The molecule has 18 heavy (non-hydrogen) atoms. The van der Waals surface area contributed by atoms with E-state index in [2.05, 4.69) is 0 Å². The van der Waals surface area contributed by atoms with Gasteiger partial charge in [-0.3, -0.25) is 4.79 Å². The highest BCUT2D eigenvalue weighted by molar-refractivity contribution is 6.42. The molecule has 0 amide bonds. The molecule has 0 saturated heterocycles. The lowest BCUT2D eigenvalue weighted by molar-refractivity contribution is -0.148. The summed E-state index contributed by atoms with van der Waals surface area (Å²) in [6, 6.07) is 4.91. The molecule has 0 spiro atoms. The van der Waals surface area contributed by atoms with Crippen LogP contribution in [-0.4, -0.2) is 17.2 Å². The number of aliphatic hydroxyl groups excluding tert-OH is 1. The van der Waals surface area contributed by atoms with Crippen LogP contribution >= 0.6 is 23.2 Å². The van der Waals surface area contributed by atoms with Gasteiger partial charge in [0, 0.05) is 6.42 Å². The molecule has 0 fully saturated rings. The molecule has 5 heteroatoms. The van der Waals surface area contributed by atoms with Gasteiger partial charge in [-0.25, -0.2) is 0 Å². The number of hydrogen-bond acceptors (Lipinski definition) is 3. The molecule has 100 valence electrons. The van der Waals surface area contributed by atoms with Crippen molar-refractivity contribution in [3.05, 3.63) is 33.8 Å². The molecule has 0 heterocycles. The molecule has 0 unspecified atom stereocenters. The summed E-state index contributed by atoms with van der Waals surface area (Å²) in [5.74, 6) is -0.316. The van der Waals surface area contributed by atoms with E-state index in [4.69, 9.17) is 27.9 Å². The number of halogens is 2. The normalized spacial score (nSPS) is 12.6. The Balaban J connectivity index is 2.52. The Hall–Kier alpha value is -0.770. The Bertz CT molecular complexity index is 419. The van der Waals surface area contributed by atoms with Gasteiger partial charge >= 0.3 is 5.97 Å². The third-order valence-electron chi connectivity index (χ3n) is 2.32. The minimum Gasteiger partial charge on any atom is -0.463 e. The highest BCUT2D eigenvalue weighted by Gasteiger charge is 2.13. The van der Waals surface area contributed by atoms with Crippen LogP contribution in [0.2, 0.25) is 10.0 Å². The fourth-order valence-corrected chi connectivity index (χ4v) is 1.77. The van der Waals surface area contributed by atoms with Crippen LogP contribution in [0.3, 0.4) is 0 Å². The number of hydrogen-bond donors (Lipinski definition) is 1. The molecule has 1 rings (SSSR count). The first-order valence-corrected chi connectivity index (χ1v) is 6.48. The summed E-state index contributed by atoms with van der Waals surface area (Å²) in [4.78, 5) is 11.3. The Morgan fingerprint density at radius 3 is 2.56 bits per heavy atom. The number of benzene rings is 1. The highest BCUT2D eigenvalue weighted by Crippen LogP contribution is 2.27. The monoisotopic (exact) mass is 290 g/mol. The number of carbonyl (C=O) groups is 1. The zero-order chi connectivity index (χ0) is 13.7. The van der Waals surface area contributed by atoms with Gasteiger partial charge in [0.2, 0.25) is 0 Å². The SMILES string of the molecule is CC(C)OC(=O)CC[C@H](O)c1ccc(Cl)c(Cl)c1. The van der Waals surface area contributed by atoms with E-state index in [1.807, 2.05) is 0 Å². The van der Waals surface area contributed by atoms with Gasteiger partial charge in [-0.05, 0) is 38.0 Å². The molecule has 0 aliphatic heterocycles. The summed E-state index contributed by atoms with van der Waals surface area (Å²) >= 11 is 11.6. The number of carbonyl (C=O) groups excluding carboxylic acids is 1. The maximum atomic E-state index is 11.3. The predicted molar refractivity (Wildman–Crippen MR) is 71.9 cm³/mol. The van der Waals surface area contributed by atoms with Crippen LogP contribution in [0, 0.1) is 0 Å². The Labute approximate surface area is 117 Å². The lowest BCUT2D eigenvalue weighted by Crippen LogP contribution is -2.12. The summed E-state index contributed by atoms with van der Waals surface area (Å²) < 4.78 is 4.98. The zero-order valence-corrected chi connectivity index (χ0v) is 11.8. The van der Waals surface area contributed by atoms with E-state index in [-0.39, 0.29) is 18.5 Å². The van der Waals surface area contributed by atoms with Gasteiger partial charge in [0.05, 0.1) is 22.3 Å². The molecule has 1 N–H and O–H groups in total. The topological polar surface area (TPSA) is 46.5 Å². The average molecular weight is 291 g/mol. The summed E-state index contributed by atoms with van der Waals surface area (Å²) in [7, 11) is 0. The summed E-state index contributed by atoms with van der Waals surface area (Å²) in [5, 5.41) is 10.7. The fraction of sp³-hybridized carbons (Fsp3) is 0.462. The Kier molecular flexibility index (Phi) is 5.93. The minimum absolute atomic E-state index is 0.139. The molecule has 0 saturated carbocycles. The quantitative estimate of drug-likeness (QED) is 0.840. The second kappa shape index (κ2) is 6.98. The summed E-state index contributed by atoms with van der Waals surface area (Å²) in [5.41, 5.74) is 0.641. The van der Waals surface area contributed by atoms with Gasteiger partial charge in [0.25, 0.3) is 0 Å². The standard InChI is InChI=1S/C13H16Cl2O3/c1-8(2)18-13(17)6-5-12(16)9-3-4-10(14)11(15)7-9/h3-4,7-8,12,16H,5-6H2,1-2H3/t12-/m0/s1. The van der Waals surface area contributed by atoms with Crippen molar-refractivity contribution in [3.8, 4) is 0 Å². The van der Waals surface area contributed by atoms with Crippen LogP contribution < -0.4 is 0 Å². The third-order valence-corrected chi connectivity index (χ3v) is 3.06. The van der Waals surface area contributed by atoms with Crippen LogP contribution in [0.15, 0.2) is 18.2 Å². The van der Waals surface area contributed by atoms with Gasteiger partial charge in [-0.2, -0.15) is 0 Å². The predicted octanol–water partition coefficient (Wildman–Crippen LogP) is 3.76. The molecular weight excluding hydrogens is 275 g/mol. The van der Waals surface area contributed by atoms with Crippen LogP contribution in [0.4, 0.5) is 0 Å². The van der Waals surface area contributed by atoms with Crippen molar-refractivity contribution in [1.29, 1.82) is 0 Å². The van der Waals surface area contributed by atoms with E-state index in [1.165, 1.54) is 0 Å². The van der Waals surface area contributed by atoms with Crippen molar-refractivity contribution in [2.24, 2.45) is 0 Å². The molecule has 0 radical (unpaired) electrons. The molecule has 0 aliphatic rings. The first kappa shape index (κ1) is 15.3. The Morgan fingerprint density at radius 2 is 2.00 bits per heavy atom. The largest absolute Gasteiger partial charge is 0.463 e. The van der Waals surface area contributed by atoms with E-state index in [0.717, 1.165) is 0 Å². The number of rotatable bonds is 5. The number of esters is 1. The molecule has 3 nitrogen and oxygen atoms in total. The van der Waals surface area contributed by atoms with Crippen molar-refractivity contribution in [2.45, 2.75) is 38.9 Å². The maximum Gasteiger partial charge on any atom is 0.306 e. The van der Waals surface area contributed by atoms with Crippen molar-refractivity contribution in [1.82, 2.24) is 0 Å². The van der Waals surface area contributed by atoms with E-state index in [1.54, 1.807) is 32.0 Å². The van der Waals surface area contributed by atoms with Crippen LogP contribution in [-0.2, 0) is 9.53 Å². The van der Waals surface area contributed by atoms with Gasteiger partial charge < -0.3 is 9.84 Å². The summed E-state index contributed by atoms with van der Waals surface area (Å²) in [6.07, 6.45) is -0.428. The van der Waals surface area contributed by atoms with Gasteiger partial charge in [0.1, 0.15) is 0 Å². The van der Waals surface area contributed by atoms with Crippen LogP contribution in [0.5, 0.6) is 0 Å². The van der Waals surface area contributed by atoms with Crippen molar-refractivity contribution in [2.75, 3.05) is 0 Å². The van der Waals surface area contributed by atoms with E-state index >= 15 is 0 Å². The first-order chi connectivity index (χ1) is 8.40. The van der Waals surface area contributed by atoms with Crippen molar-refractivity contribution in [3.63, 3.8) is 0 Å². The molecular formula is C13H16Cl2O3. The summed E-state index contributed by atoms with van der Waals surface area (Å²) in [6.45, 7) is 3.57. The van der Waals surface area contributed by atoms with Crippen molar-refractivity contribution < 1.29 is 14.6 Å². The third kappa shape index (κ3) is 4.84. The van der Waals surface area contributed by atoms with E-state index < -0.39 is 6.10 Å². The van der Waals surface area contributed by atoms with Gasteiger partial charge in [-0.15, -0.1) is 0 Å². The molecule has 1 aromatic carbocycles. The van der Waals surface area contributed by atoms with Gasteiger partial charge in [0.15, 0.2) is 0 Å².